The van der Waals surface area contributed by atoms with Crippen LogP contribution in [0.5, 0.6) is 0 Å². The molecule has 14 heavy (non-hydrogen) atoms. The van der Waals surface area contributed by atoms with Gasteiger partial charge in [-0.25, -0.2) is 0 Å². The molecular formula is C12H26BO. The molecule has 0 saturated carbocycles. The molecule has 0 heterocycles. The smallest absolute Gasteiger partial charge is 0.120 e. The predicted octanol–water partition coefficient (Wildman–Crippen LogP) is 3.92. The van der Waals surface area contributed by atoms with E-state index in [0.29, 0.717) is 0 Å². The molecule has 0 aliphatic rings. The summed E-state index contributed by atoms with van der Waals surface area (Å²) >= 11 is 0. The van der Waals surface area contributed by atoms with E-state index in [2.05, 4.69) is 62.7 Å². The molecule has 0 spiro atoms. The van der Waals surface area contributed by atoms with Crippen molar-refractivity contribution in [2.24, 2.45) is 0 Å². The number of hydrogen-bond acceptors (Lipinski definition) is 1. The van der Waals surface area contributed by atoms with Crippen LogP contribution < -0.4 is 0 Å². The van der Waals surface area contributed by atoms with Crippen molar-refractivity contribution < 1.29 is 4.74 Å². The highest BCUT2D eigenvalue weighted by Crippen LogP contribution is 2.42. The van der Waals surface area contributed by atoms with E-state index in [1.54, 1.807) is 0 Å². The van der Waals surface area contributed by atoms with Crippen LogP contribution in [0.25, 0.3) is 0 Å². The van der Waals surface area contributed by atoms with Gasteiger partial charge in [0.1, 0.15) is 7.28 Å². The van der Waals surface area contributed by atoms with Crippen molar-refractivity contribution in [1.29, 1.82) is 0 Å². The first-order valence-electron chi connectivity index (χ1n) is 5.56. The lowest BCUT2D eigenvalue weighted by atomic mass is 9.47. The molecule has 83 valence electrons. The van der Waals surface area contributed by atoms with E-state index >= 15 is 0 Å². The lowest BCUT2D eigenvalue weighted by Crippen LogP contribution is -2.45. The summed E-state index contributed by atoms with van der Waals surface area (Å²) in [6, 6.07) is 0. The summed E-state index contributed by atoms with van der Waals surface area (Å²) in [6.45, 7) is 17.3. The zero-order valence-corrected chi connectivity index (χ0v) is 11.2. The SMILES string of the molecule is CC[B]C(C)(C)C(C)(C)OC(C)(C)C. The molecule has 0 amide bonds. The van der Waals surface area contributed by atoms with E-state index < -0.39 is 0 Å². The molecular weight excluding hydrogens is 171 g/mol. The van der Waals surface area contributed by atoms with Crippen molar-refractivity contribution in [3.63, 3.8) is 0 Å². The first kappa shape index (κ1) is 14.0. The van der Waals surface area contributed by atoms with Crippen LogP contribution in [0.3, 0.4) is 0 Å². The Labute approximate surface area is 90.9 Å². The Morgan fingerprint density at radius 2 is 1.36 bits per heavy atom. The second kappa shape index (κ2) is 4.26. The second-order valence-electron chi connectivity index (χ2n) is 6.06. The lowest BCUT2D eigenvalue weighted by Gasteiger charge is -2.45. The third kappa shape index (κ3) is 4.04. The van der Waals surface area contributed by atoms with Gasteiger partial charge in [-0.1, -0.05) is 27.1 Å². The van der Waals surface area contributed by atoms with Crippen LogP contribution in [0.4, 0.5) is 0 Å². The largest absolute Gasteiger partial charge is 0.370 e. The van der Waals surface area contributed by atoms with Crippen LogP contribution in [0, 0.1) is 0 Å². The van der Waals surface area contributed by atoms with Crippen molar-refractivity contribution in [2.75, 3.05) is 0 Å². The summed E-state index contributed by atoms with van der Waals surface area (Å²) in [5, 5.41) is 0.106. The molecule has 0 rings (SSSR count). The molecule has 1 radical (unpaired) electrons. The maximum Gasteiger partial charge on any atom is 0.120 e. The molecule has 0 aromatic rings. The average molecular weight is 197 g/mol. The van der Waals surface area contributed by atoms with Crippen molar-refractivity contribution in [2.45, 2.75) is 78.2 Å². The fraction of sp³-hybridized carbons (Fsp3) is 1.00. The average Bonchev–Trinajstić information content (AvgIpc) is 1.79. The Hall–Kier alpha value is 0.0249. The Kier molecular flexibility index (Phi) is 4.27. The maximum absolute atomic E-state index is 6.11. The van der Waals surface area contributed by atoms with Crippen LogP contribution in [0.2, 0.25) is 11.6 Å². The van der Waals surface area contributed by atoms with Gasteiger partial charge in [0, 0.05) is 0 Å². The summed E-state index contributed by atoms with van der Waals surface area (Å²) in [5.41, 5.74) is -0.205. The molecule has 1 nitrogen and oxygen atoms in total. The van der Waals surface area contributed by atoms with E-state index in [4.69, 9.17) is 4.74 Å². The monoisotopic (exact) mass is 197 g/mol. The number of ether oxygens (including phenoxy) is 1. The Bertz CT molecular complexity index is 177. The molecule has 0 atom stereocenters. The molecule has 0 bridgehead atoms. The van der Waals surface area contributed by atoms with Gasteiger partial charge in [0.05, 0.1) is 11.2 Å². The zero-order valence-electron chi connectivity index (χ0n) is 11.2. The molecule has 0 N–H and O–H groups in total. The quantitative estimate of drug-likeness (QED) is 0.620. The predicted molar refractivity (Wildman–Crippen MR) is 65.2 cm³/mol. The minimum absolute atomic E-state index is 0.0810. The topological polar surface area (TPSA) is 9.23 Å². The Balaban J connectivity index is 4.59. The van der Waals surface area contributed by atoms with E-state index in [1.165, 1.54) is 0 Å². The van der Waals surface area contributed by atoms with Gasteiger partial charge in [-0.2, -0.15) is 0 Å². The minimum atomic E-state index is -0.124. The van der Waals surface area contributed by atoms with E-state index in [-0.39, 0.29) is 16.5 Å². The van der Waals surface area contributed by atoms with Crippen LogP contribution in [0.1, 0.15) is 55.4 Å². The molecule has 0 fully saturated rings. The van der Waals surface area contributed by atoms with Gasteiger partial charge >= 0.3 is 0 Å². The summed E-state index contributed by atoms with van der Waals surface area (Å²) in [5.74, 6) is 0. The highest BCUT2D eigenvalue weighted by atomic mass is 16.5. The highest BCUT2D eigenvalue weighted by Gasteiger charge is 2.39. The third-order valence-electron chi connectivity index (χ3n) is 2.83. The first-order chi connectivity index (χ1) is 6.02. The normalized spacial score (nSPS) is 14.3. The summed E-state index contributed by atoms with van der Waals surface area (Å²) in [6.07, 6.45) is 1.09. The van der Waals surface area contributed by atoms with E-state index in [9.17, 15) is 0 Å². The van der Waals surface area contributed by atoms with Crippen LogP contribution in [0.15, 0.2) is 0 Å². The number of hydrogen-bond donors (Lipinski definition) is 0. The fourth-order valence-electron chi connectivity index (χ4n) is 1.65. The molecule has 0 aromatic carbocycles. The van der Waals surface area contributed by atoms with E-state index in [0.717, 1.165) is 6.32 Å². The van der Waals surface area contributed by atoms with Gasteiger partial charge in [0.15, 0.2) is 0 Å². The summed E-state index contributed by atoms with van der Waals surface area (Å²) in [7, 11) is 2.33. The van der Waals surface area contributed by atoms with Crippen LogP contribution in [-0.4, -0.2) is 18.5 Å². The van der Waals surface area contributed by atoms with Gasteiger partial charge in [-0.15, -0.1) is 0 Å². The van der Waals surface area contributed by atoms with Gasteiger partial charge in [0.25, 0.3) is 0 Å². The molecule has 0 unspecified atom stereocenters. The molecule has 0 saturated heterocycles. The Morgan fingerprint density at radius 1 is 0.929 bits per heavy atom. The van der Waals surface area contributed by atoms with Gasteiger partial charge in [-0.3, -0.25) is 0 Å². The third-order valence-corrected chi connectivity index (χ3v) is 2.83. The van der Waals surface area contributed by atoms with E-state index in [1.807, 2.05) is 0 Å². The van der Waals surface area contributed by atoms with Crippen molar-refractivity contribution >= 4 is 7.28 Å². The molecule has 0 aliphatic heterocycles. The van der Waals surface area contributed by atoms with Gasteiger partial charge in [0.2, 0.25) is 0 Å². The summed E-state index contributed by atoms with van der Waals surface area (Å²) in [4.78, 5) is 0. The number of rotatable bonds is 4. The van der Waals surface area contributed by atoms with Crippen LogP contribution >= 0.6 is 0 Å². The summed E-state index contributed by atoms with van der Waals surface area (Å²) < 4.78 is 6.11. The highest BCUT2D eigenvalue weighted by molar-refractivity contribution is 6.40. The van der Waals surface area contributed by atoms with Gasteiger partial charge in [-0.05, 0) is 39.9 Å². The van der Waals surface area contributed by atoms with Gasteiger partial charge < -0.3 is 4.74 Å². The zero-order chi connectivity index (χ0) is 11.6. The molecule has 0 aromatic heterocycles. The molecule has 2 heteroatoms. The van der Waals surface area contributed by atoms with Crippen LogP contribution in [-0.2, 0) is 4.74 Å². The maximum atomic E-state index is 6.11. The first-order valence-corrected chi connectivity index (χ1v) is 5.56. The van der Waals surface area contributed by atoms with Crippen molar-refractivity contribution in [3.8, 4) is 0 Å². The lowest BCUT2D eigenvalue weighted by molar-refractivity contribution is -0.130. The minimum Gasteiger partial charge on any atom is -0.370 e. The Morgan fingerprint density at radius 3 is 1.64 bits per heavy atom. The second-order valence-corrected chi connectivity index (χ2v) is 6.06. The molecule has 0 aliphatic carbocycles. The van der Waals surface area contributed by atoms with Crippen molar-refractivity contribution in [1.82, 2.24) is 0 Å². The van der Waals surface area contributed by atoms with Crippen molar-refractivity contribution in [3.05, 3.63) is 0 Å². The standard InChI is InChI=1S/C12H26BO/c1-9-13-11(5,6)12(7,8)14-10(2,3)4/h9H2,1-8H3. The fourth-order valence-corrected chi connectivity index (χ4v) is 1.65.